The third kappa shape index (κ3) is 5.85. The number of rotatable bonds is 7. The highest BCUT2D eigenvalue weighted by Crippen LogP contribution is 2.45. The fourth-order valence-electron chi connectivity index (χ4n) is 6.71. The van der Waals surface area contributed by atoms with Crippen molar-refractivity contribution in [1.29, 1.82) is 0 Å². The van der Waals surface area contributed by atoms with Crippen LogP contribution in [0, 0.1) is 11.2 Å². The van der Waals surface area contributed by atoms with E-state index in [1.54, 1.807) is 24.3 Å². The van der Waals surface area contributed by atoms with Crippen LogP contribution >= 0.6 is 11.6 Å². The van der Waals surface area contributed by atoms with Crippen molar-refractivity contribution in [3.05, 3.63) is 64.9 Å². The first-order chi connectivity index (χ1) is 18.4. The van der Waals surface area contributed by atoms with E-state index in [1.165, 1.54) is 18.6 Å². The second-order valence-corrected chi connectivity index (χ2v) is 11.9. The Bertz CT molecular complexity index is 1110. The molecular formula is C31H38ClFN2O3. The quantitative estimate of drug-likeness (QED) is 0.409. The largest absolute Gasteiger partial charge is 0.493 e. The summed E-state index contributed by atoms with van der Waals surface area (Å²) < 4.78 is 20.0. The van der Waals surface area contributed by atoms with Crippen LogP contribution in [0.2, 0.25) is 5.02 Å². The van der Waals surface area contributed by atoms with Gasteiger partial charge in [-0.2, -0.15) is 0 Å². The monoisotopic (exact) mass is 540 g/mol. The van der Waals surface area contributed by atoms with Crippen molar-refractivity contribution in [2.24, 2.45) is 5.41 Å². The molecule has 0 spiro atoms. The van der Waals surface area contributed by atoms with Crippen LogP contribution in [0.3, 0.4) is 0 Å². The molecule has 1 aliphatic carbocycles. The second-order valence-electron chi connectivity index (χ2n) is 11.5. The summed E-state index contributed by atoms with van der Waals surface area (Å²) in [7, 11) is 0. The molecule has 2 aromatic rings. The van der Waals surface area contributed by atoms with Gasteiger partial charge in [-0.1, -0.05) is 36.6 Å². The summed E-state index contributed by atoms with van der Waals surface area (Å²) in [6.45, 7) is 3.14. The first-order valence-corrected chi connectivity index (χ1v) is 14.5. The van der Waals surface area contributed by atoms with E-state index in [2.05, 4.69) is 0 Å². The van der Waals surface area contributed by atoms with Crippen molar-refractivity contribution >= 4 is 23.4 Å². The van der Waals surface area contributed by atoms with Gasteiger partial charge in [-0.25, -0.2) is 4.39 Å². The van der Waals surface area contributed by atoms with E-state index in [0.29, 0.717) is 36.9 Å². The van der Waals surface area contributed by atoms with Crippen LogP contribution in [0.25, 0.3) is 0 Å². The molecule has 2 aliphatic heterocycles. The number of piperidine rings is 2. The maximum atomic E-state index is 14.3. The zero-order chi connectivity index (χ0) is 26.6. The minimum Gasteiger partial charge on any atom is -0.493 e. The van der Waals surface area contributed by atoms with E-state index in [0.717, 1.165) is 70.0 Å². The van der Waals surface area contributed by atoms with Crippen molar-refractivity contribution < 1.29 is 18.7 Å². The lowest BCUT2D eigenvalue weighted by atomic mass is 9.74. The fraction of sp³-hybridized carbons (Fsp3) is 0.548. The molecule has 1 atom stereocenters. The molecule has 0 aromatic heterocycles. The number of hydrogen-bond donors (Lipinski definition) is 0. The van der Waals surface area contributed by atoms with E-state index in [1.807, 2.05) is 21.9 Å². The van der Waals surface area contributed by atoms with Crippen LogP contribution in [-0.2, 0) is 15.0 Å². The van der Waals surface area contributed by atoms with Crippen LogP contribution in [0.15, 0.2) is 48.5 Å². The van der Waals surface area contributed by atoms with Gasteiger partial charge in [-0.3, -0.25) is 9.59 Å². The topological polar surface area (TPSA) is 49.9 Å². The highest BCUT2D eigenvalue weighted by atomic mass is 35.5. The molecule has 7 heteroatoms. The molecule has 2 amide bonds. The molecule has 0 radical (unpaired) electrons. The van der Waals surface area contributed by atoms with E-state index in [4.69, 9.17) is 16.3 Å². The Hall–Kier alpha value is -2.60. The molecule has 204 valence electrons. The van der Waals surface area contributed by atoms with Crippen LogP contribution in [0.5, 0.6) is 5.75 Å². The number of benzene rings is 2. The molecule has 3 aliphatic rings. The van der Waals surface area contributed by atoms with Gasteiger partial charge in [-0.05, 0) is 86.9 Å². The molecular weight excluding hydrogens is 503 g/mol. The number of halogens is 2. The first kappa shape index (κ1) is 27.0. The zero-order valence-electron chi connectivity index (χ0n) is 22.1. The fourth-order valence-corrected chi connectivity index (χ4v) is 6.84. The van der Waals surface area contributed by atoms with Crippen molar-refractivity contribution in [3.8, 4) is 5.75 Å². The van der Waals surface area contributed by atoms with E-state index in [9.17, 15) is 14.0 Å². The van der Waals surface area contributed by atoms with Crippen LogP contribution in [0.4, 0.5) is 4.39 Å². The second kappa shape index (κ2) is 11.6. The molecule has 0 N–H and O–H groups in total. The Morgan fingerprint density at radius 3 is 2.16 bits per heavy atom. The summed E-state index contributed by atoms with van der Waals surface area (Å²) in [6, 6.07) is 13.8. The number of carbonyl (C=O) groups excluding carboxylic acids is 2. The maximum absolute atomic E-state index is 14.3. The molecule has 5 nitrogen and oxygen atoms in total. The average molecular weight is 541 g/mol. The summed E-state index contributed by atoms with van der Waals surface area (Å²) in [4.78, 5) is 31.7. The Kier molecular flexibility index (Phi) is 8.27. The van der Waals surface area contributed by atoms with Gasteiger partial charge in [0.05, 0.1) is 12.0 Å². The van der Waals surface area contributed by atoms with Gasteiger partial charge in [0.15, 0.2) is 0 Å². The van der Waals surface area contributed by atoms with Gasteiger partial charge in [-0.15, -0.1) is 0 Å². The van der Waals surface area contributed by atoms with Gasteiger partial charge in [0.25, 0.3) is 0 Å². The number of amides is 2. The summed E-state index contributed by atoms with van der Waals surface area (Å²) in [5, 5.41) is 0.643. The van der Waals surface area contributed by atoms with E-state index in [-0.39, 0.29) is 17.6 Å². The summed E-state index contributed by atoms with van der Waals surface area (Å²) in [5.41, 5.74) is -0.186. The number of likely N-dealkylation sites (tertiary alicyclic amines) is 2. The van der Waals surface area contributed by atoms with Gasteiger partial charge in [0, 0.05) is 43.0 Å². The summed E-state index contributed by atoms with van der Waals surface area (Å²) in [5.74, 6) is 0.693. The SMILES string of the molecule is O=C(C[C@]1(COc2ccc(Cl)cc2)CCCN(C(=O)C2(c3ccc(F)cc3)CCCC2)C1)N1CCCCC1. The Labute approximate surface area is 230 Å². The normalized spacial score (nSPS) is 23.3. The maximum Gasteiger partial charge on any atom is 0.233 e. The molecule has 2 aromatic carbocycles. The molecule has 38 heavy (non-hydrogen) atoms. The lowest BCUT2D eigenvalue weighted by molar-refractivity contribution is -0.145. The lowest BCUT2D eigenvalue weighted by Crippen LogP contribution is -2.55. The average Bonchev–Trinajstić information content (AvgIpc) is 3.44. The highest BCUT2D eigenvalue weighted by Gasteiger charge is 2.48. The number of ether oxygens (including phenoxy) is 1. The first-order valence-electron chi connectivity index (χ1n) is 14.1. The molecule has 0 unspecified atom stereocenters. The minimum absolute atomic E-state index is 0.114. The smallest absolute Gasteiger partial charge is 0.233 e. The van der Waals surface area contributed by atoms with Crippen LogP contribution in [0.1, 0.15) is 69.8 Å². The number of carbonyl (C=O) groups is 2. The molecule has 1 saturated carbocycles. The standard InChI is InChI=1S/C31H38ClFN2O3/c32-25-9-13-27(14-10-25)38-23-30(21-28(36)34-18-4-1-5-19-34)15-6-20-35(22-30)29(37)31(16-2-3-17-31)24-7-11-26(33)12-8-24/h7-14H,1-6,15-23H2/t30-/m1/s1. The summed E-state index contributed by atoms with van der Waals surface area (Å²) >= 11 is 6.06. The van der Waals surface area contributed by atoms with Gasteiger partial charge < -0.3 is 14.5 Å². The predicted molar refractivity (Wildman–Crippen MR) is 147 cm³/mol. The molecule has 0 bridgehead atoms. The van der Waals surface area contributed by atoms with Crippen molar-refractivity contribution in [1.82, 2.24) is 9.80 Å². The van der Waals surface area contributed by atoms with E-state index < -0.39 is 10.8 Å². The van der Waals surface area contributed by atoms with Gasteiger partial charge >= 0.3 is 0 Å². The molecule has 3 fully saturated rings. The Balaban J connectivity index is 1.39. The highest BCUT2D eigenvalue weighted by molar-refractivity contribution is 6.30. The third-order valence-electron chi connectivity index (χ3n) is 8.81. The molecule has 5 rings (SSSR count). The van der Waals surface area contributed by atoms with E-state index >= 15 is 0 Å². The molecule has 2 saturated heterocycles. The predicted octanol–water partition coefficient (Wildman–Crippen LogP) is 6.38. The van der Waals surface area contributed by atoms with Gasteiger partial charge in [0.2, 0.25) is 11.8 Å². The zero-order valence-corrected chi connectivity index (χ0v) is 22.9. The number of nitrogens with zero attached hydrogens (tertiary/aromatic N) is 2. The van der Waals surface area contributed by atoms with Crippen LogP contribution < -0.4 is 4.74 Å². The Morgan fingerprint density at radius 2 is 1.47 bits per heavy atom. The van der Waals surface area contributed by atoms with Crippen LogP contribution in [-0.4, -0.2) is 54.4 Å². The lowest BCUT2D eigenvalue weighted by Gasteiger charge is -2.46. The van der Waals surface area contributed by atoms with Crippen molar-refractivity contribution in [3.63, 3.8) is 0 Å². The Morgan fingerprint density at radius 1 is 0.816 bits per heavy atom. The number of hydrogen-bond acceptors (Lipinski definition) is 3. The van der Waals surface area contributed by atoms with Gasteiger partial charge in [0.1, 0.15) is 11.6 Å². The minimum atomic E-state index is -0.620. The van der Waals surface area contributed by atoms with Crippen molar-refractivity contribution in [2.45, 2.75) is 69.6 Å². The third-order valence-corrected chi connectivity index (χ3v) is 9.06. The van der Waals surface area contributed by atoms with Crippen molar-refractivity contribution in [2.75, 3.05) is 32.8 Å². The molecule has 2 heterocycles. The summed E-state index contributed by atoms with van der Waals surface area (Å²) in [6.07, 6.45) is 8.79.